The van der Waals surface area contributed by atoms with Gasteiger partial charge in [0.2, 0.25) is 8.32 Å². The van der Waals surface area contributed by atoms with Crippen molar-refractivity contribution in [1.29, 1.82) is 0 Å². The minimum atomic E-state index is -1.54. The van der Waals surface area contributed by atoms with Gasteiger partial charge in [-0.05, 0) is 26.6 Å². The Morgan fingerprint density at radius 3 is 2.33 bits per heavy atom. The van der Waals surface area contributed by atoms with Gasteiger partial charge in [-0.25, -0.2) is 0 Å². The molecule has 12 heavy (non-hydrogen) atoms. The molecule has 0 aromatic heterocycles. The lowest BCUT2D eigenvalue weighted by Crippen LogP contribution is -2.25. The maximum atomic E-state index is 5.63. The first-order valence-electron chi connectivity index (χ1n) is 4.14. The molecule has 0 aliphatic carbocycles. The fourth-order valence-electron chi connectivity index (χ4n) is 0.652. The van der Waals surface area contributed by atoms with E-state index < -0.39 is 8.32 Å². The van der Waals surface area contributed by atoms with Crippen molar-refractivity contribution < 1.29 is 9.16 Å². The molecule has 0 heterocycles. The second-order valence-electron chi connectivity index (χ2n) is 3.37. The number of ether oxygens (including phenoxy) is 1. The predicted molar refractivity (Wildman–Crippen MR) is 54.3 cm³/mol. The summed E-state index contributed by atoms with van der Waals surface area (Å²) in [6.45, 7) is 12.5. The smallest absolute Gasteiger partial charge is 0.265 e. The highest BCUT2D eigenvalue weighted by Crippen LogP contribution is 2.11. The summed E-state index contributed by atoms with van der Waals surface area (Å²) in [7, 11) is -1.54. The molecule has 70 valence electrons. The van der Waals surface area contributed by atoms with Gasteiger partial charge in [0.05, 0.1) is 6.61 Å². The van der Waals surface area contributed by atoms with Crippen molar-refractivity contribution in [3.05, 3.63) is 24.7 Å². The van der Waals surface area contributed by atoms with Crippen LogP contribution in [0, 0.1) is 0 Å². The second kappa shape index (κ2) is 5.03. The zero-order chi connectivity index (χ0) is 9.61. The maximum absolute atomic E-state index is 5.63. The third kappa shape index (κ3) is 6.04. The van der Waals surface area contributed by atoms with Crippen LogP contribution >= 0.6 is 0 Å². The topological polar surface area (TPSA) is 18.5 Å². The van der Waals surface area contributed by atoms with E-state index in [9.17, 15) is 0 Å². The number of hydrogen-bond donors (Lipinski definition) is 0. The second-order valence-corrected chi connectivity index (χ2v) is 7.80. The van der Waals surface area contributed by atoms with Crippen LogP contribution in [0.1, 0.15) is 6.92 Å². The molecule has 0 aliphatic heterocycles. The highest BCUT2D eigenvalue weighted by Gasteiger charge is 2.17. The van der Waals surface area contributed by atoms with Crippen LogP contribution < -0.4 is 0 Å². The fraction of sp³-hybridized carbons (Fsp3) is 0.556. The first-order chi connectivity index (χ1) is 5.49. The zero-order valence-corrected chi connectivity index (χ0v) is 9.39. The van der Waals surface area contributed by atoms with Gasteiger partial charge in [0.25, 0.3) is 5.95 Å². The van der Waals surface area contributed by atoms with Crippen LogP contribution in [-0.4, -0.2) is 14.9 Å². The average molecular weight is 186 g/mol. The van der Waals surface area contributed by atoms with E-state index >= 15 is 0 Å². The van der Waals surface area contributed by atoms with Gasteiger partial charge in [-0.15, -0.1) is 0 Å². The molecule has 0 aromatic rings. The average Bonchev–Trinajstić information content (AvgIpc) is 1.84. The Balaban J connectivity index is 4.14. The summed E-state index contributed by atoms with van der Waals surface area (Å²) >= 11 is 0. The van der Waals surface area contributed by atoms with Crippen molar-refractivity contribution in [3.63, 3.8) is 0 Å². The zero-order valence-electron chi connectivity index (χ0n) is 8.39. The molecular weight excluding hydrogens is 168 g/mol. The van der Waals surface area contributed by atoms with Gasteiger partial charge >= 0.3 is 0 Å². The lowest BCUT2D eigenvalue weighted by Gasteiger charge is -2.20. The summed E-state index contributed by atoms with van der Waals surface area (Å²) in [5.41, 5.74) is 0. The summed E-state index contributed by atoms with van der Waals surface area (Å²) in [5, 5.41) is 0. The first kappa shape index (κ1) is 11.3. The largest absolute Gasteiger partial charge is 0.520 e. The predicted octanol–water partition coefficient (Wildman–Crippen LogP) is 2.90. The Morgan fingerprint density at radius 2 is 2.00 bits per heavy atom. The Labute approximate surface area is 76.0 Å². The Kier molecular flexibility index (Phi) is 4.74. The molecule has 0 fully saturated rings. The SMILES string of the molecule is C=C/C=C(\OCC)O[Si](C)(C)C. The molecular formula is C9H18O2Si. The minimum Gasteiger partial charge on any atom is -0.520 e. The van der Waals surface area contributed by atoms with Crippen molar-refractivity contribution in [1.82, 2.24) is 0 Å². The Hall–Kier alpha value is -0.703. The maximum Gasteiger partial charge on any atom is 0.265 e. The number of allylic oxidation sites excluding steroid dienone is 2. The molecule has 3 heteroatoms. The van der Waals surface area contributed by atoms with Crippen LogP contribution in [0.5, 0.6) is 0 Å². The van der Waals surface area contributed by atoms with E-state index in [-0.39, 0.29) is 0 Å². The van der Waals surface area contributed by atoms with Crippen molar-refractivity contribution in [2.24, 2.45) is 0 Å². The van der Waals surface area contributed by atoms with Gasteiger partial charge in [-0.1, -0.05) is 12.7 Å². The van der Waals surface area contributed by atoms with E-state index in [1.165, 1.54) is 0 Å². The monoisotopic (exact) mass is 186 g/mol. The van der Waals surface area contributed by atoms with Crippen LogP contribution in [-0.2, 0) is 9.16 Å². The first-order valence-corrected chi connectivity index (χ1v) is 7.55. The Morgan fingerprint density at radius 1 is 1.42 bits per heavy atom. The fourth-order valence-corrected chi connectivity index (χ4v) is 1.38. The normalized spacial score (nSPS) is 12.5. The quantitative estimate of drug-likeness (QED) is 0.373. The molecule has 0 rings (SSSR count). The standard InChI is InChI=1S/C9H18O2Si/c1-6-8-9(10-7-2)11-12(3,4)5/h6,8H,1,7H2,2-5H3/b9-8+. The summed E-state index contributed by atoms with van der Waals surface area (Å²) in [5.74, 6) is 0.590. The summed E-state index contributed by atoms with van der Waals surface area (Å²) in [4.78, 5) is 0. The molecule has 0 N–H and O–H groups in total. The summed E-state index contributed by atoms with van der Waals surface area (Å²) < 4.78 is 10.9. The van der Waals surface area contributed by atoms with Crippen molar-refractivity contribution in [3.8, 4) is 0 Å². The van der Waals surface area contributed by atoms with Gasteiger partial charge in [0.1, 0.15) is 0 Å². The van der Waals surface area contributed by atoms with Crippen LogP contribution in [0.15, 0.2) is 24.7 Å². The lowest BCUT2D eigenvalue weighted by molar-refractivity contribution is 0.112. The molecule has 0 aromatic carbocycles. The highest BCUT2D eigenvalue weighted by atomic mass is 28.4. The van der Waals surface area contributed by atoms with E-state index in [1.54, 1.807) is 12.2 Å². The van der Waals surface area contributed by atoms with Gasteiger partial charge in [-0.2, -0.15) is 0 Å². The summed E-state index contributed by atoms with van der Waals surface area (Å²) in [6, 6.07) is 0. The van der Waals surface area contributed by atoms with E-state index in [2.05, 4.69) is 26.2 Å². The number of rotatable bonds is 5. The molecule has 0 spiro atoms. The van der Waals surface area contributed by atoms with E-state index in [0.29, 0.717) is 12.6 Å². The molecule has 2 nitrogen and oxygen atoms in total. The molecule has 0 unspecified atom stereocenters. The minimum absolute atomic E-state index is 0.590. The lowest BCUT2D eigenvalue weighted by atomic mass is 10.6. The molecule has 0 bridgehead atoms. The molecule has 0 saturated heterocycles. The third-order valence-corrected chi connectivity index (χ3v) is 1.76. The van der Waals surface area contributed by atoms with Crippen molar-refractivity contribution >= 4 is 8.32 Å². The van der Waals surface area contributed by atoms with Crippen LogP contribution in [0.3, 0.4) is 0 Å². The molecule has 0 atom stereocenters. The van der Waals surface area contributed by atoms with Gasteiger partial charge in [-0.3, -0.25) is 0 Å². The highest BCUT2D eigenvalue weighted by molar-refractivity contribution is 6.69. The van der Waals surface area contributed by atoms with Gasteiger partial charge < -0.3 is 9.16 Å². The molecule has 0 saturated carbocycles. The van der Waals surface area contributed by atoms with E-state index in [4.69, 9.17) is 9.16 Å². The van der Waals surface area contributed by atoms with Crippen LogP contribution in [0.4, 0.5) is 0 Å². The third-order valence-electron chi connectivity index (χ3n) is 0.947. The van der Waals surface area contributed by atoms with Crippen LogP contribution in [0.2, 0.25) is 19.6 Å². The van der Waals surface area contributed by atoms with E-state index in [1.807, 2.05) is 6.92 Å². The van der Waals surface area contributed by atoms with Crippen molar-refractivity contribution in [2.75, 3.05) is 6.61 Å². The Bertz CT molecular complexity index is 168. The molecule has 0 aliphatic rings. The van der Waals surface area contributed by atoms with Gasteiger partial charge in [0, 0.05) is 6.08 Å². The molecule has 0 amide bonds. The van der Waals surface area contributed by atoms with E-state index in [0.717, 1.165) is 0 Å². The summed E-state index contributed by atoms with van der Waals surface area (Å²) in [6.07, 6.45) is 3.42. The number of hydrogen-bond acceptors (Lipinski definition) is 2. The van der Waals surface area contributed by atoms with Gasteiger partial charge in [0.15, 0.2) is 0 Å². The van der Waals surface area contributed by atoms with Crippen molar-refractivity contribution in [2.45, 2.75) is 26.6 Å². The molecule has 0 radical (unpaired) electrons. The van der Waals surface area contributed by atoms with Crippen LogP contribution in [0.25, 0.3) is 0 Å².